The summed E-state index contributed by atoms with van der Waals surface area (Å²) in [5.41, 5.74) is 2.21. The van der Waals surface area contributed by atoms with Crippen LogP contribution in [0.3, 0.4) is 0 Å². The highest BCUT2D eigenvalue weighted by atomic mass is 35.5. The molecule has 1 saturated heterocycles. The van der Waals surface area contributed by atoms with Gasteiger partial charge in [0, 0.05) is 42.8 Å². The lowest BCUT2D eigenvalue weighted by Crippen LogP contribution is -2.48. The minimum Gasteiger partial charge on any atom is -0.367 e. The topological polar surface area (TPSA) is 15.3 Å². The molecule has 0 saturated carbocycles. The monoisotopic (exact) mass is 304 g/mol. The Morgan fingerprint density at radius 1 is 1.14 bits per heavy atom. The molecular weight excluding hydrogens is 287 g/mol. The number of halogens is 2. The molecule has 0 aliphatic carbocycles. The smallest absolute Gasteiger partial charge is 0.123 e. The Balaban J connectivity index is 1.79. The van der Waals surface area contributed by atoms with Crippen molar-refractivity contribution in [2.45, 2.75) is 6.54 Å². The summed E-state index contributed by atoms with van der Waals surface area (Å²) in [4.78, 5) is 2.31. The van der Waals surface area contributed by atoms with Crippen molar-refractivity contribution in [2.75, 3.05) is 24.5 Å². The zero-order valence-electron chi connectivity index (χ0n) is 11.7. The number of nitrogens with one attached hydrogen (secondary N) is 1. The van der Waals surface area contributed by atoms with Gasteiger partial charge in [-0.25, -0.2) is 4.39 Å². The van der Waals surface area contributed by atoms with Gasteiger partial charge < -0.3 is 10.2 Å². The van der Waals surface area contributed by atoms with Crippen LogP contribution in [-0.4, -0.2) is 19.6 Å². The molecule has 21 heavy (non-hydrogen) atoms. The SMILES string of the molecule is Fc1ccc(CN(CC2CNC2)c2cccc(Cl)c2)cc1. The molecule has 1 aliphatic rings. The Morgan fingerprint density at radius 3 is 2.52 bits per heavy atom. The third-order valence-electron chi connectivity index (χ3n) is 3.80. The number of hydrogen-bond donors (Lipinski definition) is 1. The lowest BCUT2D eigenvalue weighted by molar-refractivity contribution is 0.348. The summed E-state index contributed by atoms with van der Waals surface area (Å²) in [5, 5.41) is 4.04. The molecule has 1 fully saturated rings. The van der Waals surface area contributed by atoms with E-state index >= 15 is 0 Å². The first-order valence-corrected chi connectivity index (χ1v) is 7.54. The van der Waals surface area contributed by atoms with Crippen molar-refractivity contribution in [2.24, 2.45) is 5.92 Å². The highest BCUT2D eigenvalue weighted by Crippen LogP contribution is 2.23. The van der Waals surface area contributed by atoms with Crippen molar-refractivity contribution in [3.8, 4) is 0 Å². The molecule has 110 valence electrons. The molecule has 0 spiro atoms. The first kappa shape index (κ1) is 14.4. The first-order valence-electron chi connectivity index (χ1n) is 7.16. The van der Waals surface area contributed by atoms with Crippen LogP contribution in [0.2, 0.25) is 5.02 Å². The maximum atomic E-state index is 13.0. The summed E-state index contributed by atoms with van der Waals surface area (Å²) in [6, 6.07) is 14.6. The highest BCUT2D eigenvalue weighted by Gasteiger charge is 2.20. The lowest BCUT2D eigenvalue weighted by atomic mass is 10.0. The van der Waals surface area contributed by atoms with E-state index in [1.807, 2.05) is 30.3 Å². The number of benzene rings is 2. The molecule has 1 aliphatic heterocycles. The van der Waals surface area contributed by atoms with Gasteiger partial charge in [0.15, 0.2) is 0 Å². The molecule has 4 heteroatoms. The summed E-state index contributed by atoms with van der Waals surface area (Å²) in [7, 11) is 0. The van der Waals surface area contributed by atoms with E-state index in [9.17, 15) is 4.39 Å². The number of rotatable bonds is 5. The fourth-order valence-electron chi connectivity index (χ4n) is 2.53. The van der Waals surface area contributed by atoms with Gasteiger partial charge in [0.25, 0.3) is 0 Å². The van der Waals surface area contributed by atoms with Gasteiger partial charge in [0.1, 0.15) is 5.82 Å². The van der Waals surface area contributed by atoms with Gasteiger partial charge >= 0.3 is 0 Å². The zero-order chi connectivity index (χ0) is 14.7. The van der Waals surface area contributed by atoms with Crippen molar-refractivity contribution in [3.05, 3.63) is 64.9 Å². The molecule has 0 bridgehead atoms. The number of hydrogen-bond acceptors (Lipinski definition) is 2. The minimum absolute atomic E-state index is 0.198. The van der Waals surface area contributed by atoms with E-state index in [0.29, 0.717) is 5.92 Å². The molecule has 2 aromatic rings. The van der Waals surface area contributed by atoms with E-state index in [2.05, 4.69) is 16.3 Å². The van der Waals surface area contributed by atoms with Gasteiger partial charge in [0.2, 0.25) is 0 Å². The van der Waals surface area contributed by atoms with Crippen molar-refractivity contribution in [1.82, 2.24) is 5.32 Å². The van der Waals surface area contributed by atoms with Crippen LogP contribution in [0.4, 0.5) is 10.1 Å². The molecule has 2 aromatic carbocycles. The second-order valence-electron chi connectivity index (χ2n) is 5.51. The molecule has 0 atom stereocenters. The quantitative estimate of drug-likeness (QED) is 0.906. The molecule has 0 aromatic heterocycles. The average molecular weight is 305 g/mol. The molecule has 0 unspecified atom stereocenters. The fourth-order valence-corrected chi connectivity index (χ4v) is 2.72. The Hall–Kier alpha value is -1.58. The standard InChI is InChI=1S/C17H18ClFN2/c18-15-2-1-3-17(8-15)21(12-14-9-20-10-14)11-13-4-6-16(19)7-5-13/h1-8,14,20H,9-12H2. The molecule has 1 N–H and O–H groups in total. The molecule has 1 heterocycles. The van der Waals surface area contributed by atoms with Crippen molar-refractivity contribution >= 4 is 17.3 Å². The maximum Gasteiger partial charge on any atom is 0.123 e. The number of nitrogens with zero attached hydrogens (tertiary/aromatic N) is 1. The predicted molar refractivity (Wildman–Crippen MR) is 85.3 cm³/mol. The second-order valence-corrected chi connectivity index (χ2v) is 5.95. The van der Waals surface area contributed by atoms with Gasteiger partial charge in [-0.3, -0.25) is 0 Å². The van der Waals surface area contributed by atoms with Crippen molar-refractivity contribution < 1.29 is 4.39 Å². The van der Waals surface area contributed by atoms with E-state index < -0.39 is 0 Å². The minimum atomic E-state index is -0.198. The van der Waals surface area contributed by atoms with Gasteiger partial charge in [-0.15, -0.1) is 0 Å². The van der Waals surface area contributed by atoms with Crippen LogP contribution in [-0.2, 0) is 6.54 Å². The van der Waals surface area contributed by atoms with Gasteiger partial charge in [-0.1, -0.05) is 29.8 Å². The van der Waals surface area contributed by atoms with Gasteiger partial charge in [0.05, 0.1) is 0 Å². The average Bonchev–Trinajstić information content (AvgIpc) is 2.43. The van der Waals surface area contributed by atoms with Crippen LogP contribution < -0.4 is 10.2 Å². The summed E-state index contributed by atoms with van der Waals surface area (Å²) >= 11 is 6.11. The van der Waals surface area contributed by atoms with E-state index in [1.165, 1.54) is 12.1 Å². The van der Waals surface area contributed by atoms with Crippen LogP contribution >= 0.6 is 11.6 Å². The van der Waals surface area contributed by atoms with Crippen LogP contribution in [0.25, 0.3) is 0 Å². The summed E-state index contributed by atoms with van der Waals surface area (Å²) in [6.45, 7) is 3.85. The second kappa shape index (κ2) is 6.46. The van der Waals surface area contributed by atoms with Crippen LogP contribution in [0.5, 0.6) is 0 Å². The van der Waals surface area contributed by atoms with Crippen molar-refractivity contribution in [1.29, 1.82) is 0 Å². The Morgan fingerprint density at radius 2 is 1.90 bits per heavy atom. The lowest BCUT2D eigenvalue weighted by Gasteiger charge is -2.34. The Bertz CT molecular complexity index is 596. The van der Waals surface area contributed by atoms with Crippen LogP contribution in [0, 0.1) is 11.7 Å². The summed E-state index contributed by atoms with van der Waals surface area (Å²) in [5.74, 6) is 0.459. The fraction of sp³-hybridized carbons (Fsp3) is 0.294. The third kappa shape index (κ3) is 3.74. The number of anilines is 1. The van der Waals surface area contributed by atoms with Gasteiger partial charge in [-0.05, 0) is 35.9 Å². The third-order valence-corrected chi connectivity index (χ3v) is 4.04. The Labute approximate surface area is 129 Å². The molecule has 2 nitrogen and oxygen atoms in total. The summed E-state index contributed by atoms with van der Waals surface area (Å²) in [6.07, 6.45) is 0. The molecule has 0 radical (unpaired) electrons. The first-order chi connectivity index (χ1) is 10.2. The van der Waals surface area contributed by atoms with Gasteiger partial charge in [-0.2, -0.15) is 0 Å². The Kier molecular flexibility index (Phi) is 4.42. The van der Waals surface area contributed by atoms with E-state index in [4.69, 9.17) is 11.6 Å². The normalized spacial score (nSPS) is 14.8. The maximum absolute atomic E-state index is 13.0. The highest BCUT2D eigenvalue weighted by molar-refractivity contribution is 6.30. The zero-order valence-corrected chi connectivity index (χ0v) is 12.5. The van der Waals surface area contributed by atoms with Crippen LogP contribution in [0.15, 0.2) is 48.5 Å². The summed E-state index contributed by atoms with van der Waals surface area (Å²) < 4.78 is 13.0. The van der Waals surface area contributed by atoms with E-state index in [0.717, 1.165) is 42.5 Å². The van der Waals surface area contributed by atoms with Crippen molar-refractivity contribution in [3.63, 3.8) is 0 Å². The molecule has 0 amide bonds. The molecular formula is C17H18ClFN2. The van der Waals surface area contributed by atoms with E-state index in [-0.39, 0.29) is 5.82 Å². The predicted octanol–water partition coefficient (Wildman–Crippen LogP) is 3.71. The molecule has 3 rings (SSSR count). The van der Waals surface area contributed by atoms with E-state index in [1.54, 1.807) is 0 Å². The largest absolute Gasteiger partial charge is 0.367 e. The van der Waals surface area contributed by atoms with Crippen LogP contribution in [0.1, 0.15) is 5.56 Å².